The molecule has 0 atom stereocenters. The van der Waals surface area contributed by atoms with Crippen LogP contribution in [0.4, 0.5) is 0 Å². The largest absolute Gasteiger partial charge is 0.352 e. The molecule has 29 heavy (non-hydrogen) atoms. The molecule has 150 valence electrons. The van der Waals surface area contributed by atoms with Gasteiger partial charge in [-0.25, -0.2) is 0 Å². The van der Waals surface area contributed by atoms with Gasteiger partial charge in [0.15, 0.2) is 0 Å². The van der Waals surface area contributed by atoms with Crippen LogP contribution in [0.2, 0.25) is 0 Å². The summed E-state index contributed by atoms with van der Waals surface area (Å²) in [5.41, 5.74) is 4.13. The van der Waals surface area contributed by atoms with E-state index in [4.69, 9.17) is 0 Å². The monoisotopic (exact) mass is 390 g/mol. The Morgan fingerprint density at radius 1 is 1.03 bits per heavy atom. The minimum Gasteiger partial charge on any atom is -0.352 e. The Labute approximate surface area is 170 Å². The molecule has 0 saturated carbocycles. The van der Waals surface area contributed by atoms with Crippen molar-refractivity contribution in [2.24, 2.45) is 0 Å². The molecule has 3 aromatic rings. The van der Waals surface area contributed by atoms with Gasteiger partial charge in [0.05, 0.1) is 18.7 Å². The van der Waals surface area contributed by atoms with Crippen molar-refractivity contribution < 1.29 is 9.59 Å². The second kappa shape index (κ2) is 9.19. The average Bonchev–Trinajstić information content (AvgIpc) is 3.11. The van der Waals surface area contributed by atoms with Crippen molar-refractivity contribution >= 4 is 11.8 Å². The summed E-state index contributed by atoms with van der Waals surface area (Å²) in [5, 5.41) is 10.1. The lowest BCUT2D eigenvalue weighted by molar-refractivity contribution is -0.120. The van der Waals surface area contributed by atoms with E-state index in [9.17, 15) is 9.59 Å². The summed E-state index contributed by atoms with van der Waals surface area (Å²) >= 11 is 0. The van der Waals surface area contributed by atoms with Crippen molar-refractivity contribution in [3.05, 3.63) is 77.5 Å². The van der Waals surface area contributed by atoms with Crippen molar-refractivity contribution in [3.63, 3.8) is 0 Å². The highest BCUT2D eigenvalue weighted by Gasteiger charge is 2.19. The maximum Gasteiger partial charge on any atom is 0.255 e. The van der Waals surface area contributed by atoms with Gasteiger partial charge in [0.2, 0.25) is 5.91 Å². The number of rotatable bonds is 7. The Bertz CT molecular complexity index is 976. The molecule has 0 fully saturated rings. The highest BCUT2D eigenvalue weighted by Crippen LogP contribution is 2.23. The van der Waals surface area contributed by atoms with Crippen LogP contribution in [0.5, 0.6) is 0 Å². The Morgan fingerprint density at radius 3 is 2.38 bits per heavy atom. The first-order valence-corrected chi connectivity index (χ1v) is 9.68. The summed E-state index contributed by atoms with van der Waals surface area (Å²) in [6.07, 6.45) is 1.73. The molecule has 2 N–H and O–H groups in total. The van der Waals surface area contributed by atoms with Gasteiger partial charge in [-0.3, -0.25) is 14.3 Å². The fraction of sp³-hybridized carbons (Fsp3) is 0.261. The predicted molar refractivity (Wildman–Crippen MR) is 114 cm³/mol. The summed E-state index contributed by atoms with van der Waals surface area (Å²) in [5.74, 6) is -0.541. The van der Waals surface area contributed by atoms with Crippen LogP contribution in [-0.4, -0.2) is 34.2 Å². The summed E-state index contributed by atoms with van der Waals surface area (Å²) < 4.78 is 1.76. The number of carbonyl (C=O) groups excluding carboxylic acids is 2. The van der Waals surface area contributed by atoms with Gasteiger partial charge in [0.25, 0.3) is 5.91 Å². The van der Waals surface area contributed by atoms with Crippen molar-refractivity contribution in [2.75, 3.05) is 6.54 Å². The minimum atomic E-state index is -0.321. The van der Waals surface area contributed by atoms with Gasteiger partial charge in [-0.1, -0.05) is 60.2 Å². The summed E-state index contributed by atoms with van der Waals surface area (Å²) in [6.45, 7) is 6.25. The zero-order valence-corrected chi connectivity index (χ0v) is 17.0. The van der Waals surface area contributed by atoms with E-state index >= 15 is 0 Å². The fourth-order valence-corrected chi connectivity index (χ4v) is 2.99. The van der Waals surface area contributed by atoms with Crippen molar-refractivity contribution in [1.82, 2.24) is 20.4 Å². The quantitative estimate of drug-likeness (QED) is 0.651. The van der Waals surface area contributed by atoms with Gasteiger partial charge in [-0.2, -0.15) is 5.10 Å². The van der Waals surface area contributed by atoms with E-state index in [1.807, 2.05) is 75.4 Å². The lowest BCUT2D eigenvalue weighted by Crippen LogP contribution is -2.39. The van der Waals surface area contributed by atoms with Crippen molar-refractivity contribution in [3.8, 4) is 11.3 Å². The standard InChI is InChI=1S/C23H26N4O2/c1-16(2)25-21(28)13-24-23(29)20-15-27(14-18-7-5-4-6-8-18)26-22(20)19-11-9-17(3)10-12-19/h4-12,15-16H,13-14H2,1-3H3,(H,24,29)(H,25,28). The van der Waals surface area contributed by atoms with Crippen LogP contribution in [0.1, 0.15) is 35.3 Å². The number of amides is 2. The SMILES string of the molecule is Cc1ccc(-c2nn(Cc3ccccc3)cc2C(=O)NCC(=O)NC(C)C)cc1. The normalized spacial score (nSPS) is 10.8. The minimum absolute atomic E-state index is 0.0242. The lowest BCUT2D eigenvalue weighted by Gasteiger charge is -2.09. The molecule has 1 heterocycles. The number of hydrogen-bond donors (Lipinski definition) is 2. The van der Waals surface area contributed by atoms with E-state index in [0.29, 0.717) is 17.8 Å². The van der Waals surface area contributed by atoms with E-state index < -0.39 is 0 Å². The number of nitrogens with zero attached hydrogens (tertiary/aromatic N) is 2. The molecule has 0 spiro atoms. The van der Waals surface area contributed by atoms with E-state index in [0.717, 1.165) is 16.7 Å². The van der Waals surface area contributed by atoms with Crippen LogP contribution in [0, 0.1) is 6.92 Å². The van der Waals surface area contributed by atoms with Crippen LogP contribution in [-0.2, 0) is 11.3 Å². The van der Waals surface area contributed by atoms with E-state index in [1.54, 1.807) is 10.9 Å². The van der Waals surface area contributed by atoms with Crippen LogP contribution in [0.3, 0.4) is 0 Å². The number of aryl methyl sites for hydroxylation is 1. The molecule has 0 bridgehead atoms. The first-order valence-electron chi connectivity index (χ1n) is 9.68. The van der Waals surface area contributed by atoms with Crippen LogP contribution >= 0.6 is 0 Å². The number of benzene rings is 2. The van der Waals surface area contributed by atoms with E-state index in [1.165, 1.54) is 0 Å². The number of aromatic nitrogens is 2. The summed E-state index contributed by atoms with van der Waals surface area (Å²) in [6, 6.07) is 17.8. The van der Waals surface area contributed by atoms with Crippen LogP contribution in [0.25, 0.3) is 11.3 Å². The van der Waals surface area contributed by atoms with E-state index in [2.05, 4.69) is 15.7 Å². The molecule has 0 aliphatic rings. The number of carbonyl (C=O) groups is 2. The molecular formula is C23H26N4O2. The number of hydrogen-bond acceptors (Lipinski definition) is 3. The molecule has 2 aromatic carbocycles. The van der Waals surface area contributed by atoms with Gasteiger partial charge in [-0.05, 0) is 26.3 Å². The van der Waals surface area contributed by atoms with Gasteiger partial charge in [0, 0.05) is 17.8 Å². The van der Waals surface area contributed by atoms with Crippen molar-refractivity contribution in [1.29, 1.82) is 0 Å². The van der Waals surface area contributed by atoms with Gasteiger partial charge >= 0.3 is 0 Å². The second-order valence-electron chi connectivity index (χ2n) is 7.35. The Morgan fingerprint density at radius 2 is 1.72 bits per heavy atom. The first kappa shape index (κ1) is 20.3. The molecule has 0 aliphatic carbocycles. The Hall–Kier alpha value is -3.41. The zero-order valence-electron chi connectivity index (χ0n) is 17.0. The third kappa shape index (κ3) is 5.54. The molecule has 0 radical (unpaired) electrons. The van der Waals surface area contributed by atoms with Gasteiger partial charge < -0.3 is 10.6 Å². The third-order valence-corrected chi connectivity index (χ3v) is 4.38. The first-order chi connectivity index (χ1) is 13.9. The van der Waals surface area contributed by atoms with Gasteiger partial charge in [-0.15, -0.1) is 0 Å². The lowest BCUT2D eigenvalue weighted by atomic mass is 10.1. The molecule has 6 heteroatoms. The highest BCUT2D eigenvalue weighted by atomic mass is 16.2. The highest BCUT2D eigenvalue weighted by molar-refractivity contribution is 6.01. The molecule has 0 unspecified atom stereocenters. The fourth-order valence-electron chi connectivity index (χ4n) is 2.99. The molecule has 0 aliphatic heterocycles. The molecular weight excluding hydrogens is 364 g/mol. The Kier molecular flexibility index (Phi) is 6.44. The molecule has 6 nitrogen and oxygen atoms in total. The van der Waals surface area contributed by atoms with Gasteiger partial charge in [0.1, 0.15) is 5.69 Å². The molecule has 2 amide bonds. The molecule has 0 saturated heterocycles. The zero-order chi connectivity index (χ0) is 20.8. The molecule has 3 rings (SSSR count). The van der Waals surface area contributed by atoms with Crippen LogP contribution in [0.15, 0.2) is 60.8 Å². The maximum atomic E-state index is 12.8. The van der Waals surface area contributed by atoms with E-state index in [-0.39, 0.29) is 24.4 Å². The topological polar surface area (TPSA) is 76.0 Å². The maximum absolute atomic E-state index is 12.8. The van der Waals surface area contributed by atoms with Crippen molar-refractivity contribution in [2.45, 2.75) is 33.4 Å². The third-order valence-electron chi connectivity index (χ3n) is 4.38. The number of nitrogens with one attached hydrogen (secondary N) is 2. The smallest absolute Gasteiger partial charge is 0.255 e. The second-order valence-corrected chi connectivity index (χ2v) is 7.35. The molecule has 1 aromatic heterocycles. The average molecular weight is 390 g/mol. The predicted octanol–water partition coefficient (Wildman–Crippen LogP) is 3.16. The Balaban J connectivity index is 1.85. The summed E-state index contributed by atoms with van der Waals surface area (Å²) in [7, 11) is 0. The summed E-state index contributed by atoms with van der Waals surface area (Å²) in [4.78, 5) is 24.7. The van der Waals surface area contributed by atoms with Crippen LogP contribution < -0.4 is 10.6 Å².